The van der Waals surface area contributed by atoms with Crippen molar-refractivity contribution in [2.24, 2.45) is 0 Å². The normalized spacial score (nSPS) is 18.6. The lowest BCUT2D eigenvalue weighted by Gasteiger charge is -2.20. The molecular formula is C42H42N2O13. The first-order valence-corrected chi connectivity index (χ1v) is 17.6. The molecule has 4 aromatic carbocycles. The third-order valence-electron chi connectivity index (χ3n) is 8.42. The summed E-state index contributed by atoms with van der Waals surface area (Å²) in [4.78, 5) is 78.3. The van der Waals surface area contributed by atoms with Gasteiger partial charge in [0.25, 0.3) is 11.2 Å². The van der Waals surface area contributed by atoms with Crippen molar-refractivity contribution in [2.75, 3.05) is 10.6 Å². The Morgan fingerprint density at radius 3 is 1.35 bits per heavy atom. The molecule has 1 fully saturated rings. The predicted octanol–water partition coefficient (Wildman–Crippen LogP) is 7.42. The van der Waals surface area contributed by atoms with E-state index in [9.17, 15) is 39.0 Å². The average Bonchev–Trinajstić information content (AvgIpc) is 3.72. The van der Waals surface area contributed by atoms with Crippen LogP contribution in [0.3, 0.4) is 0 Å². The van der Waals surface area contributed by atoms with Gasteiger partial charge in [-0.25, -0.2) is 28.8 Å². The van der Waals surface area contributed by atoms with Gasteiger partial charge in [0.1, 0.15) is 23.6 Å². The van der Waals surface area contributed by atoms with Crippen LogP contribution in [0.25, 0.3) is 0 Å². The van der Waals surface area contributed by atoms with Gasteiger partial charge >= 0.3 is 36.1 Å². The van der Waals surface area contributed by atoms with Gasteiger partial charge in [-0.2, -0.15) is 0 Å². The predicted molar refractivity (Wildman–Crippen MR) is 204 cm³/mol. The molecular weight excluding hydrogens is 740 g/mol. The van der Waals surface area contributed by atoms with Crippen LogP contribution in [0.2, 0.25) is 0 Å². The van der Waals surface area contributed by atoms with Gasteiger partial charge in [-0.05, 0) is 113 Å². The van der Waals surface area contributed by atoms with E-state index in [0.29, 0.717) is 5.75 Å². The highest BCUT2D eigenvalue weighted by atomic mass is 16.6. The summed E-state index contributed by atoms with van der Waals surface area (Å²) in [6.45, 7) is 10.3. The van der Waals surface area contributed by atoms with Crippen molar-refractivity contribution in [2.45, 2.75) is 76.5 Å². The summed E-state index contributed by atoms with van der Waals surface area (Å²) in [5, 5.41) is 26.5. The highest BCUT2D eigenvalue weighted by Gasteiger charge is 2.93. The van der Waals surface area contributed by atoms with Gasteiger partial charge in [0, 0.05) is 11.4 Å². The van der Waals surface area contributed by atoms with Crippen molar-refractivity contribution >= 4 is 47.4 Å². The van der Waals surface area contributed by atoms with Gasteiger partial charge in [-0.3, -0.25) is 10.6 Å². The van der Waals surface area contributed by atoms with Gasteiger partial charge in [0.05, 0.1) is 17.0 Å². The number of rotatable bonds is 12. The maximum absolute atomic E-state index is 13.7. The lowest BCUT2D eigenvalue weighted by molar-refractivity contribution is -0.166. The van der Waals surface area contributed by atoms with E-state index in [1.807, 2.05) is 30.3 Å². The topological polar surface area (TPSA) is 213 Å². The van der Waals surface area contributed by atoms with Crippen LogP contribution in [0.15, 0.2) is 103 Å². The zero-order chi connectivity index (χ0) is 41.8. The number of carboxylic acid groups (broad SMARTS) is 2. The second-order valence-corrected chi connectivity index (χ2v) is 15.0. The lowest BCUT2D eigenvalue weighted by Crippen LogP contribution is -2.45. The van der Waals surface area contributed by atoms with Crippen LogP contribution < -0.4 is 15.4 Å². The first-order valence-electron chi connectivity index (χ1n) is 17.6. The fourth-order valence-electron chi connectivity index (χ4n) is 5.94. The molecule has 1 saturated carbocycles. The molecule has 1 aliphatic carbocycles. The van der Waals surface area contributed by atoms with Crippen molar-refractivity contribution in [3.63, 3.8) is 0 Å². The Morgan fingerprint density at radius 1 is 0.579 bits per heavy atom. The SMILES string of the molecule is CC(C)(C)OC(=O)Nc1ccc(C(=O)OC2(C(=O)O)C(c3ccc(OCc4ccccc4)cc3)C2(OC(=O)c2ccc(NC(=O)OC(C)(C)C)cc2)C(=O)O)cc1. The Balaban J connectivity index is 1.45. The summed E-state index contributed by atoms with van der Waals surface area (Å²) in [6, 6.07) is 25.2. The minimum Gasteiger partial charge on any atom is -0.489 e. The molecule has 5 rings (SSSR count). The Kier molecular flexibility index (Phi) is 11.6. The number of ether oxygens (including phenoxy) is 5. The highest BCUT2D eigenvalue weighted by molar-refractivity contribution is 6.07. The molecule has 4 N–H and O–H groups in total. The number of amides is 2. The quantitative estimate of drug-likeness (QED) is 0.0815. The fourth-order valence-corrected chi connectivity index (χ4v) is 5.94. The number of esters is 2. The Labute approximate surface area is 327 Å². The standard InChI is InChI=1S/C42H42N2O13/c1-39(2,3)56-37(51)43-29-18-12-27(13-19-29)33(45)54-41(35(47)48)32(26-16-22-31(23-17-26)53-24-25-10-8-7-9-11-25)42(41,36(49)50)55-34(46)28-14-20-30(21-15-28)44-38(52)57-40(4,5)6/h7-23,32H,24H2,1-6H3,(H,43,51)(H,44,52)(H,47,48)(H,49,50). The third-order valence-corrected chi connectivity index (χ3v) is 8.42. The van der Waals surface area contributed by atoms with E-state index in [4.69, 9.17) is 23.7 Å². The molecule has 0 bridgehead atoms. The third kappa shape index (κ3) is 9.50. The van der Waals surface area contributed by atoms with Crippen molar-refractivity contribution in [1.82, 2.24) is 0 Å². The number of anilines is 2. The van der Waals surface area contributed by atoms with Crippen LogP contribution in [0.5, 0.6) is 5.75 Å². The van der Waals surface area contributed by atoms with E-state index in [2.05, 4.69) is 10.6 Å². The summed E-state index contributed by atoms with van der Waals surface area (Å²) < 4.78 is 27.5. The number of benzene rings is 4. The summed E-state index contributed by atoms with van der Waals surface area (Å²) >= 11 is 0. The maximum Gasteiger partial charge on any atom is 0.412 e. The molecule has 4 aromatic rings. The van der Waals surface area contributed by atoms with Crippen LogP contribution >= 0.6 is 0 Å². The zero-order valence-electron chi connectivity index (χ0n) is 32.0. The summed E-state index contributed by atoms with van der Waals surface area (Å²) in [5.41, 5.74) is -6.54. The molecule has 1 aliphatic rings. The van der Waals surface area contributed by atoms with E-state index in [1.54, 1.807) is 41.5 Å². The summed E-state index contributed by atoms with van der Waals surface area (Å²) in [6.07, 6.45) is -1.52. The van der Waals surface area contributed by atoms with Crippen LogP contribution in [0.1, 0.15) is 79.3 Å². The fraction of sp³-hybridized carbons (Fsp3) is 0.286. The van der Waals surface area contributed by atoms with Gasteiger partial charge in [0.15, 0.2) is 0 Å². The first kappa shape index (κ1) is 41.3. The summed E-state index contributed by atoms with van der Waals surface area (Å²) in [7, 11) is 0. The van der Waals surface area contributed by atoms with Crippen molar-refractivity contribution in [3.05, 3.63) is 125 Å². The average molecular weight is 783 g/mol. The molecule has 2 amide bonds. The Bertz CT molecular complexity index is 2030. The van der Waals surface area contributed by atoms with Crippen LogP contribution in [-0.2, 0) is 35.1 Å². The molecule has 0 heterocycles. The molecule has 57 heavy (non-hydrogen) atoms. The Morgan fingerprint density at radius 2 is 0.982 bits per heavy atom. The maximum atomic E-state index is 13.7. The summed E-state index contributed by atoms with van der Waals surface area (Å²) in [5.74, 6) is -7.71. The number of nitrogens with one attached hydrogen (secondary N) is 2. The molecule has 2 unspecified atom stereocenters. The van der Waals surface area contributed by atoms with E-state index >= 15 is 0 Å². The molecule has 0 saturated heterocycles. The van der Waals surface area contributed by atoms with Crippen molar-refractivity contribution in [3.8, 4) is 5.75 Å². The number of hydrogen-bond donors (Lipinski definition) is 4. The van der Waals surface area contributed by atoms with Crippen LogP contribution in [0.4, 0.5) is 21.0 Å². The minimum absolute atomic E-state index is 0.0429. The number of hydrogen-bond acceptors (Lipinski definition) is 11. The second kappa shape index (κ2) is 16.1. The van der Waals surface area contributed by atoms with Gasteiger partial charge in [0.2, 0.25) is 0 Å². The second-order valence-electron chi connectivity index (χ2n) is 15.0. The smallest absolute Gasteiger partial charge is 0.412 e. The van der Waals surface area contributed by atoms with Crippen molar-refractivity contribution in [1.29, 1.82) is 0 Å². The van der Waals surface area contributed by atoms with E-state index < -0.39 is 64.4 Å². The number of aliphatic carboxylic acids is 2. The molecule has 15 nitrogen and oxygen atoms in total. The largest absolute Gasteiger partial charge is 0.489 e. The molecule has 0 aromatic heterocycles. The number of carboxylic acids is 2. The van der Waals surface area contributed by atoms with E-state index in [1.165, 1.54) is 72.8 Å². The lowest BCUT2D eigenvalue weighted by atomic mass is 10.1. The molecule has 0 radical (unpaired) electrons. The van der Waals surface area contributed by atoms with Crippen LogP contribution in [0, 0.1) is 0 Å². The zero-order valence-corrected chi connectivity index (χ0v) is 32.0. The van der Waals surface area contributed by atoms with E-state index in [-0.39, 0.29) is 34.7 Å². The number of carbonyl (C=O) groups excluding carboxylic acids is 4. The molecule has 0 spiro atoms. The monoisotopic (exact) mass is 782 g/mol. The van der Waals surface area contributed by atoms with Gasteiger partial charge in [-0.1, -0.05) is 42.5 Å². The highest BCUT2D eigenvalue weighted by Crippen LogP contribution is 2.66. The minimum atomic E-state index is -2.97. The van der Waals surface area contributed by atoms with Crippen molar-refractivity contribution < 1.29 is 62.7 Å². The Hall–Kier alpha value is -6.90. The van der Waals surface area contributed by atoms with E-state index in [0.717, 1.165) is 5.56 Å². The molecule has 15 heteroatoms. The number of carbonyl (C=O) groups is 6. The van der Waals surface area contributed by atoms with Crippen LogP contribution in [-0.4, -0.2) is 68.7 Å². The van der Waals surface area contributed by atoms with Gasteiger partial charge in [-0.15, -0.1) is 0 Å². The first-order chi connectivity index (χ1) is 26.7. The molecule has 0 aliphatic heterocycles. The van der Waals surface area contributed by atoms with Gasteiger partial charge < -0.3 is 33.9 Å². The molecule has 2 atom stereocenters. The molecule has 298 valence electrons.